The molecule has 0 unspecified atom stereocenters. The van der Waals surface area contributed by atoms with Crippen LogP contribution in [0.15, 0.2) is 29.3 Å². The fourth-order valence-corrected chi connectivity index (χ4v) is 1.48. The standard InChI is InChI=1S/C10H12N2.ClH/c11-6-10-5-8-3-1-2-4-9(8)7-12-10;/h1-4,7,10H,5-6,11H2;1H/t10-;/m0./s1. The second-order valence-corrected chi connectivity index (χ2v) is 3.07. The van der Waals surface area contributed by atoms with Crippen LogP contribution in [-0.4, -0.2) is 18.8 Å². The predicted octanol–water partition coefficient (Wildman–Crippen LogP) is 1.41. The Morgan fingerprint density at radius 1 is 1.38 bits per heavy atom. The van der Waals surface area contributed by atoms with Crippen molar-refractivity contribution >= 4 is 18.6 Å². The molecular weight excluding hydrogens is 184 g/mol. The SMILES string of the molecule is Cl.NC[C@@H]1Cc2ccccc2C=N1. The fourth-order valence-electron chi connectivity index (χ4n) is 1.48. The molecule has 1 atom stereocenters. The van der Waals surface area contributed by atoms with Gasteiger partial charge in [0.05, 0.1) is 6.04 Å². The zero-order valence-corrected chi connectivity index (χ0v) is 8.13. The summed E-state index contributed by atoms with van der Waals surface area (Å²) < 4.78 is 0. The molecule has 0 aliphatic carbocycles. The van der Waals surface area contributed by atoms with E-state index in [4.69, 9.17) is 5.73 Å². The van der Waals surface area contributed by atoms with Crippen molar-refractivity contribution in [3.8, 4) is 0 Å². The Labute approximate surface area is 84.3 Å². The Hall–Kier alpha value is -0.860. The first-order chi connectivity index (χ1) is 5.90. The summed E-state index contributed by atoms with van der Waals surface area (Å²) in [6, 6.07) is 8.62. The molecule has 0 saturated heterocycles. The van der Waals surface area contributed by atoms with Crippen LogP contribution in [0, 0.1) is 0 Å². The molecule has 3 heteroatoms. The van der Waals surface area contributed by atoms with Gasteiger partial charge in [0.25, 0.3) is 0 Å². The molecule has 0 amide bonds. The van der Waals surface area contributed by atoms with Gasteiger partial charge in [0.2, 0.25) is 0 Å². The number of aliphatic imine (C=N–C) groups is 1. The summed E-state index contributed by atoms with van der Waals surface area (Å²) in [5.74, 6) is 0. The van der Waals surface area contributed by atoms with Crippen molar-refractivity contribution < 1.29 is 0 Å². The normalized spacial score (nSPS) is 19.0. The lowest BCUT2D eigenvalue weighted by Crippen LogP contribution is -2.24. The Balaban J connectivity index is 0.000000845. The number of benzene rings is 1. The molecule has 2 rings (SSSR count). The molecule has 1 aliphatic heterocycles. The first kappa shape index (κ1) is 10.2. The topological polar surface area (TPSA) is 38.4 Å². The lowest BCUT2D eigenvalue weighted by molar-refractivity contribution is 0.675. The summed E-state index contributed by atoms with van der Waals surface area (Å²) in [5.41, 5.74) is 8.15. The fraction of sp³-hybridized carbons (Fsp3) is 0.300. The third-order valence-electron chi connectivity index (χ3n) is 2.21. The highest BCUT2D eigenvalue weighted by molar-refractivity contribution is 5.85. The molecule has 1 aromatic rings. The van der Waals surface area contributed by atoms with Crippen LogP contribution >= 0.6 is 12.4 Å². The highest BCUT2D eigenvalue weighted by Gasteiger charge is 2.11. The Morgan fingerprint density at radius 3 is 2.92 bits per heavy atom. The second kappa shape index (κ2) is 4.40. The van der Waals surface area contributed by atoms with Gasteiger partial charge in [0.1, 0.15) is 0 Å². The van der Waals surface area contributed by atoms with Gasteiger partial charge >= 0.3 is 0 Å². The van der Waals surface area contributed by atoms with Crippen LogP contribution in [0.25, 0.3) is 0 Å². The number of hydrogen-bond acceptors (Lipinski definition) is 2. The van der Waals surface area contributed by atoms with Crippen molar-refractivity contribution in [2.24, 2.45) is 10.7 Å². The molecule has 1 aromatic carbocycles. The van der Waals surface area contributed by atoms with Crippen LogP contribution in [0.2, 0.25) is 0 Å². The summed E-state index contributed by atoms with van der Waals surface area (Å²) in [4.78, 5) is 4.34. The predicted molar refractivity (Wildman–Crippen MR) is 57.8 cm³/mol. The number of halogens is 1. The van der Waals surface area contributed by atoms with E-state index < -0.39 is 0 Å². The maximum Gasteiger partial charge on any atom is 0.0662 e. The molecule has 1 aliphatic rings. The zero-order valence-electron chi connectivity index (χ0n) is 7.31. The molecule has 0 saturated carbocycles. The number of rotatable bonds is 1. The van der Waals surface area contributed by atoms with Crippen molar-refractivity contribution in [2.45, 2.75) is 12.5 Å². The lowest BCUT2D eigenvalue weighted by Gasteiger charge is -2.16. The first-order valence-corrected chi connectivity index (χ1v) is 4.21. The summed E-state index contributed by atoms with van der Waals surface area (Å²) >= 11 is 0. The molecule has 2 nitrogen and oxygen atoms in total. The van der Waals surface area contributed by atoms with Gasteiger partial charge in [-0.3, -0.25) is 4.99 Å². The van der Waals surface area contributed by atoms with Gasteiger partial charge < -0.3 is 5.73 Å². The van der Waals surface area contributed by atoms with Crippen molar-refractivity contribution in [2.75, 3.05) is 6.54 Å². The third kappa shape index (κ3) is 2.08. The molecule has 0 radical (unpaired) electrons. The average Bonchev–Trinajstić information content (AvgIpc) is 2.17. The summed E-state index contributed by atoms with van der Waals surface area (Å²) in [6.07, 6.45) is 2.92. The Kier molecular flexibility index (Phi) is 3.46. The molecule has 0 aromatic heterocycles. The van der Waals surface area contributed by atoms with Gasteiger partial charge in [-0.2, -0.15) is 0 Å². The Bertz CT molecular complexity index is 310. The van der Waals surface area contributed by atoms with Gasteiger partial charge in [-0.25, -0.2) is 0 Å². The van der Waals surface area contributed by atoms with E-state index in [9.17, 15) is 0 Å². The lowest BCUT2D eigenvalue weighted by atomic mass is 9.98. The van der Waals surface area contributed by atoms with Gasteiger partial charge in [0.15, 0.2) is 0 Å². The van der Waals surface area contributed by atoms with E-state index in [1.165, 1.54) is 11.1 Å². The smallest absolute Gasteiger partial charge is 0.0662 e. The number of nitrogens with two attached hydrogens (primary N) is 1. The largest absolute Gasteiger partial charge is 0.328 e. The molecule has 0 fully saturated rings. The van der Waals surface area contributed by atoms with Gasteiger partial charge in [-0.05, 0) is 17.5 Å². The van der Waals surface area contributed by atoms with Crippen LogP contribution in [0.5, 0.6) is 0 Å². The average molecular weight is 197 g/mol. The van der Waals surface area contributed by atoms with Crippen molar-refractivity contribution in [3.05, 3.63) is 35.4 Å². The minimum atomic E-state index is 0. The van der Waals surface area contributed by atoms with E-state index in [1.807, 2.05) is 12.3 Å². The van der Waals surface area contributed by atoms with Crippen LogP contribution in [0.4, 0.5) is 0 Å². The van der Waals surface area contributed by atoms with Crippen molar-refractivity contribution in [1.82, 2.24) is 0 Å². The Morgan fingerprint density at radius 2 is 2.15 bits per heavy atom. The van der Waals surface area contributed by atoms with E-state index in [1.54, 1.807) is 0 Å². The van der Waals surface area contributed by atoms with E-state index in [-0.39, 0.29) is 12.4 Å². The van der Waals surface area contributed by atoms with Crippen molar-refractivity contribution in [3.63, 3.8) is 0 Å². The van der Waals surface area contributed by atoms with Crippen LogP contribution in [0.1, 0.15) is 11.1 Å². The van der Waals surface area contributed by atoms with Crippen molar-refractivity contribution in [1.29, 1.82) is 0 Å². The molecule has 13 heavy (non-hydrogen) atoms. The zero-order chi connectivity index (χ0) is 8.39. The van der Waals surface area contributed by atoms with E-state index >= 15 is 0 Å². The highest BCUT2D eigenvalue weighted by Crippen LogP contribution is 2.14. The third-order valence-corrected chi connectivity index (χ3v) is 2.21. The summed E-state index contributed by atoms with van der Waals surface area (Å²) in [5, 5.41) is 0. The van der Waals surface area contributed by atoms with Gasteiger partial charge in [0, 0.05) is 12.8 Å². The molecule has 0 spiro atoms. The monoisotopic (exact) mass is 196 g/mol. The van der Waals surface area contributed by atoms with E-state index in [2.05, 4.69) is 23.2 Å². The summed E-state index contributed by atoms with van der Waals surface area (Å²) in [7, 11) is 0. The highest BCUT2D eigenvalue weighted by atomic mass is 35.5. The molecule has 2 N–H and O–H groups in total. The van der Waals surface area contributed by atoms with E-state index in [0.29, 0.717) is 12.6 Å². The molecular formula is C10H13ClN2. The van der Waals surface area contributed by atoms with Gasteiger partial charge in [-0.15, -0.1) is 12.4 Å². The van der Waals surface area contributed by atoms with Crippen LogP contribution in [0.3, 0.4) is 0 Å². The quantitative estimate of drug-likeness (QED) is 0.725. The van der Waals surface area contributed by atoms with Gasteiger partial charge in [-0.1, -0.05) is 24.3 Å². The molecule has 0 bridgehead atoms. The second-order valence-electron chi connectivity index (χ2n) is 3.07. The number of hydrogen-bond donors (Lipinski definition) is 1. The maximum absolute atomic E-state index is 5.55. The molecule has 70 valence electrons. The number of nitrogens with zero attached hydrogens (tertiary/aromatic N) is 1. The number of fused-ring (bicyclic) bond motifs is 1. The van der Waals surface area contributed by atoms with Crippen LogP contribution < -0.4 is 5.73 Å². The van der Waals surface area contributed by atoms with E-state index in [0.717, 1.165) is 6.42 Å². The summed E-state index contributed by atoms with van der Waals surface area (Å²) in [6.45, 7) is 0.644. The maximum atomic E-state index is 5.55. The molecule has 1 heterocycles. The van der Waals surface area contributed by atoms with Crippen LogP contribution in [-0.2, 0) is 6.42 Å². The minimum Gasteiger partial charge on any atom is -0.328 e. The minimum absolute atomic E-state index is 0. The first-order valence-electron chi connectivity index (χ1n) is 4.21.